The van der Waals surface area contributed by atoms with Gasteiger partial charge in [-0.3, -0.25) is 0 Å². The van der Waals surface area contributed by atoms with Crippen molar-refractivity contribution in [3.05, 3.63) is 0 Å². The Balaban J connectivity index is 2.30. The lowest BCUT2D eigenvalue weighted by atomic mass is 9.98. The van der Waals surface area contributed by atoms with E-state index in [9.17, 15) is 5.11 Å². The molecular weight excluding hydrogens is 142 g/mol. The number of nitrogens with one attached hydrogen (secondary N) is 1. The fraction of sp³-hybridized carbons (Fsp3) is 1.00. The maximum absolute atomic E-state index is 9.32. The molecule has 1 aliphatic heterocycles. The second-order valence-corrected chi connectivity index (χ2v) is 3.21. The van der Waals surface area contributed by atoms with Crippen LogP contribution in [0.3, 0.4) is 0 Å². The molecule has 1 saturated heterocycles. The van der Waals surface area contributed by atoms with Crippen LogP contribution >= 0.6 is 0 Å². The van der Waals surface area contributed by atoms with Crippen molar-refractivity contribution in [2.75, 3.05) is 19.7 Å². The van der Waals surface area contributed by atoms with Gasteiger partial charge in [-0.05, 0) is 25.3 Å². The summed E-state index contributed by atoms with van der Waals surface area (Å²) in [6.45, 7) is 1.79. The standard InChI is InChI=1S/C8H17NO2/c10-6-8(11)7-3-1-2-4-9-5-7/h7-11H,1-6H2. The lowest BCUT2D eigenvalue weighted by Crippen LogP contribution is -2.32. The maximum Gasteiger partial charge on any atom is 0.0811 e. The molecule has 0 amide bonds. The van der Waals surface area contributed by atoms with Crippen molar-refractivity contribution < 1.29 is 10.2 Å². The average Bonchev–Trinajstić information content (AvgIpc) is 2.30. The normalized spacial score (nSPS) is 29.5. The topological polar surface area (TPSA) is 52.5 Å². The summed E-state index contributed by atoms with van der Waals surface area (Å²) < 4.78 is 0. The number of aliphatic hydroxyl groups excluding tert-OH is 2. The molecule has 3 heteroatoms. The van der Waals surface area contributed by atoms with Crippen molar-refractivity contribution in [1.82, 2.24) is 5.32 Å². The van der Waals surface area contributed by atoms with E-state index in [-0.39, 0.29) is 12.5 Å². The molecule has 66 valence electrons. The van der Waals surface area contributed by atoms with Crippen LogP contribution in [0.1, 0.15) is 19.3 Å². The molecule has 0 aromatic carbocycles. The number of rotatable bonds is 2. The monoisotopic (exact) mass is 159 g/mol. The average molecular weight is 159 g/mol. The first-order valence-corrected chi connectivity index (χ1v) is 4.34. The lowest BCUT2D eigenvalue weighted by Gasteiger charge is -2.18. The molecule has 3 N–H and O–H groups in total. The molecule has 0 aliphatic carbocycles. The molecular formula is C8H17NO2. The van der Waals surface area contributed by atoms with Crippen LogP contribution in [-0.2, 0) is 0 Å². The molecule has 1 fully saturated rings. The highest BCUT2D eigenvalue weighted by molar-refractivity contribution is 4.73. The van der Waals surface area contributed by atoms with E-state index < -0.39 is 6.10 Å². The van der Waals surface area contributed by atoms with Crippen molar-refractivity contribution in [2.45, 2.75) is 25.4 Å². The van der Waals surface area contributed by atoms with Gasteiger partial charge < -0.3 is 15.5 Å². The fourth-order valence-electron chi connectivity index (χ4n) is 1.52. The molecule has 2 atom stereocenters. The third-order valence-electron chi connectivity index (χ3n) is 2.32. The Kier molecular flexibility index (Phi) is 3.83. The Labute approximate surface area is 67.4 Å². The van der Waals surface area contributed by atoms with E-state index in [4.69, 9.17) is 5.11 Å². The Morgan fingerprint density at radius 1 is 1.45 bits per heavy atom. The zero-order chi connectivity index (χ0) is 8.10. The molecule has 1 heterocycles. The third-order valence-corrected chi connectivity index (χ3v) is 2.32. The minimum Gasteiger partial charge on any atom is -0.394 e. The van der Waals surface area contributed by atoms with Crippen molar-refractivity contribution in [2.24, 2.45) is 5.92 Å². The first-order chi connectivity index (χ1) is 5.34. The smallest absolute Gasteiger partial charge is 0.0811 e. The van der Waals surface area contributed by atoms with Gasteiger partial charge in [-0.2, -0.15) is 0 Å². The Hall–Kier alpha value is -0.120. The van der Waals surface area contributed by atoms with Gasteiger partial charge in [-0.25, -0.2) is 0 Å². The summed E-state index contributed by atoms with van der Waals surface area (Å²) in [7, 11) is 0. The van der Waals surface area contributed by atoms with Gasteiger partial charge in [0, 0.05) is 6.54 Å². The highest BCUT2D eigenvalue weighted by atomic mass is 16.3. The van der Waals surface area contributed by atoms with Crippen LogP contribution in [0, 0.1) is 5.92 Å². The molecule has 2 unspecified atom stereocenters. The largest absolute Gasteiger partial charge is 0.394 e. The van der Waals surface area contributed by atoms with Crippen LogP contribution in [0.15, 0.2) is 0 Å². The van der Waals surface area contributed by atoms with Crippen molar-refractivity contribution in [1.29, 1.82) is 0 Å². The van der Waals surface area contributed by atoms with Crippen molar-refractivity contribution in [3.8, 4) is 0 Å². The van der Waals surface area contributed by atoms with Crippen LogP contribution in [0.25, 0.3) is 0 Å². The summed E-state index contributed by atoms with van der Waals surface area (Å²) >= 11 is 0. The quantitative estimate of drug-likeness (QED) is 0.520. The van der Waals surface area contributed by atoms with Gasteiger partial charge in [-0.15, -0.1) is 0 Å². The molecule has 3 nitrogen and oxygen atoms in total. The minimum absolute atomic E-state index is 0.105. The van der Waals surface area contributed by atoms with Gasteiger partial charge in [0.05, 0.1) is 12.7 Å². The van der Waals surface area contributed by atoms with Crippen LogP contribution in [0.2, 0.25) is 0 Å². The zero-order valence-electron chi connectivity index (χ0n) is 6.79. The SMILES string of the molecule is OCC(O)C1CCCCNC1. The summed E-state index contributed by atoms with van der Waals surface area (Å²) in [6, 6.07) is 0. The molecule has 11 heavy (non-hydrogen) atoms. The highest BCUT2D eigenvalue weighted by Crippen LogP contribution is 2.14. The van der Waals surface area contributed by atoms with Gasteiger partial charge >= 0.3 is 0 Å². The van der Waals surface area contributed by atoms with Crippen molar-refractivity contribution in [3.63, 3.8) is 0 Å². The minimum atomic E-state index is -0.527. The molecule has 1 aliphatic rings. The maximum atomic E-state index is 9.32. The van der Waals surface area contributed by atoms with E-state index in [1.54, 1.807) is 0 Å². The Bertz CT molecular complexity index is 100. The van der Waals surface area contributed by atoms with Crippen LogP contribution in [0.5, 0.6) is 0 Å². The molecule has 0 saturated carbocycles. The third kappa shape index (κ3) is 2.77. The summed E-state index contributed by atoms with van der Waals surface area (Å²) in [5, 5.41) is 21.3. The fourth-order valence-corrected chi connectivity index (χ4v) is 1.52. The summed E-state index contributed by atoms with van der Waals surface area (Å²) in [5.74, 6) is 0.252. The summed E-state index contributed by atoms with van der Waals surface area (Å²) in [5.41, 5.74) is 0. The number of hydrogen-bond donors (Lipinski definition) is 3. The number of hydrogen-bond acceptors (Lipinski definition) is 3. The van der Waals surface area contributed by atoms with Gasteiger partial charge in [0.1, 0.15) is 0 Å². The summed E-state index contributed by atoms with van der Waals surface area (Å²) in [6.07, 6.45) is 2.86. The highest BCUT2D eigenvalue weighted by Gasteiger charge is 2.19. The Morgan fingerprint density at radius 3 is 3.00 bits per heavy atom. The Morgan fingerprint density at radius 2 is 2.27 bits per heavy atom. The van der Waals surface area contributed by atoms with Crippen LogP contribution in [-0.4, -0.2) is 36.0 Å². The predicted octanol–water partition coefficient (Wildman–Crippen LogP) is -0.271. The van der Waals surface area contributed by atoms with Crippen LogP contribution in [0.4, 0.5) is 0 Å². The molecule has 0 spiro atoms. The van der Waals surface area contributed by atoms with E-state index in [1.807, 2.05) is 0 Å². The molecule has 0 aromatic rings. The van der Waals surface area contributed by atoms with E-state index in [2.05, 4.69) is 5.32 Å². The van der Waals surface area contributed by atoms with E-state index >= 15 is 0 Å². The van der Waals surface area contributed by atoms with Gasteiger partial charge in [-0.1, -0.05) is 6.42 Å². The number of aliphatic hydroxyl groups is 2. The van der Waals surface area contributed by atoms with E-state index in [0.717, 1.165) is 25.9 Å². The molecule has 0 bridgehead atoms. The second kappa shape index (κ2) is 4.70. The predicted molar refractivity (Wildman–Crippen MR) is 43.3 cm³/mol. The van der Waals surface area contributed by atoms with Gasteiger partial charge in [0.2, 0.25) is 0 Å². The second-order valence-electron chi connectivity index (χ2n) is 3.21. The molecule has 0 radical (unpaired) electrons. The van der Waals surface area contributed by atoms with Gasteiger partial charge in [0.25, 0.3) is 0 Å². The summed E-state index contributed by atoms with van der Waals surface area (Å²) in [4.78, 5) is 0. The van der Waals surface area contributed by atoms with Crippen LogP contribution < -0.4 is 5.32 Å². The van der Waals surface area contributed by atoms with Gasteiger partial charge in [0.15, 0.2) is 0 Å². The first-order valence-electron chi connectivity index (χ1n) is 4.34. The lowest BCUT2D eigenvalue weighted by molar-refractivity contribution is 0.0454. The molecule has 1 rings (SSSR count). The first kappa shape index (κ1) is 8.97. The van der Waals surface area contributed by atoms with E-state index in [1.165, 1.54) is 6.42 Å². The van der Waals surface area contributed by atoms with Crippen molar-refractivity contribution >= 4 is 0 Å². The zero-order valence-corrected chi connectivity index (χ0v) is 6.79. The molecule has 0 aromatic heterocycles. The van der Waals surface area contributed by atoms with E-state index in [0.29, 0.717) is 0 Å².